The van der Waals surface area contributed by atoms with Crippen molar-refractivity contribution in [1.29, 1.82) is 0 Å². The summed E-state index contributed by atoms with van der Waals surface area (Å²) in [5.74, 6) is -0.887. The van der Waals surface area contributed by atoms with Gasteiger partial charge in [0.05, 0.1) is 34.5 Å². The van der Waals surface area contributed by atoms with Crippen LogP contribution in [0.1, 0.15) is 15.9 Å². The van der Waals surface area contributed by atoms with E-state index in [1.807, 2.05) is 6.92 Å². The predicted octanol–water partition coefficient (Wildman–Crippen LogP) is 3.91. The molecule has 0 aliphatic heterocycles. The highest BCUT2D eigenvalue weighted by Gasteiger charge is 2.16. The number of aromatic nitrogens is 6. The number of hydrogen-bond acceptors (Lipinski definition) is 6. The minimum absolute atomic E-state index is 0.00451. The summed E-state index contributed by atoms with van der Waals surface area (Å²) in [6, 6.07) is 9.55. The third kappa shape index (κ3) is 3.66. The van der Waals surface area contributed by atoms with Crippen LogP contribution < -0.4 is 11.1 Å². The molecule has 0 radical (unpaired) electrons. The van der Waals surface area contributed by atoms with Crippen molar-refractivity contribution >= 4 is 34.7 Å². The molecular weight excluding hydrogens is 447 g/mol. The van der Waals surface area contributed by atoms with E-state index in [9.17, 15) is 9.18 Å². The van der Waals surface area contributed by atoms with Gasteiger partial charge in [0.25, 0.3) is 5.91 Å². The molecule has 0 saturated carbocycles. The standard InChI is InChI=1S/C22H16ClFN8O/c1-12-5-6-13(22(33)30-16-4-2-3-15(23)19(16)24)7-17(12)31-10-14(8-28-31)18-9-26-21-20(25)27-11-29-32(18)21/h2-11H,1H3,(H,30,33)(H2,25,27,29). The lowest BCUT2D eigenvalue weighted by atomic mass is 10.1. The summed E-state index contributed by atoms with van der Waals surface area (Å²) in [5.41, 5.74) is 9.65. The van der Waals surface area contributed by atoms with Crippen molar-refractivity contribution < 1.29 is 9.18 Å². The average molecular weight is 463 g/mol. The Labute approximate surface area is 191 Å². The van der Waals surface area contributed by atoms with Crippen molar-refractivity contribution in [3.05, 3.63) is 83.3 Å². The van der Waals surface area contributed by atoms with E-state index < -0.39 is 11.7 Å². The Morgan fingerprint density at radius 2 is 2.00 bits per heavy atom. The first-order valence-corrected chi connectivity index (χ1v) is 10.2. The van der Waals surface area contributed by atoms with Crippen LogP contribution in [0.2, 0.25) is 5.02 Å². The maximum Gasteiger partial charge on any atom is 0.255 e. The van der Waals surface area contributed by atoms with Gasteiger partial charge in [-0.2, -0.15) is 10.2 Å². The SMILES string of the molecule is Cc1ccc(C(=O)Nc2cccc(Cl)c2F)cc1-n1cc(-c2cnc3c(N)ncnn23)cn1. The van der Waals surface area contributed by atoms with Gasteiger partial charge in [-0.3, -0.25) is 4.79 Å². The number of rotatable bonds is 4. The quantitative estimate of drug-likeness (QED) is 0.418. The summed E-state index contributed by atoms with van der Waals surface area (Å²) < 4.78 is 17.4. The molecule has 0 fully saturated rings. The molecule has 11 heteroatoms. The number of imidazole rings is 1. The second kappa shape index (κ2) is 7.99. The van der Waals surface area contributed by atoms with Gasteiger partial charge >= 0.3 is 0 Å². The normalized spacial score (nSPS) is 11.1. The van der Waals surface area contributed by atoms with Gasteiger partial charge in [-0.15, -0.1) is 0 Å². The number of carbonyl (C=O) groups excluding carboxylic acids is 1. The number of amides is 1. The van der Waals surface area contributed by atoms with Crippen molar-refractivity contribution in [3.63, 3.8) is 0 Å². The number of halogens is 2. The van der Waals surface area contributed by atoms with Crippen LogP contribution in [-0.2, 0) is 0 Å². The van der Waals surface area contributed by atoms with Crippen LogP contribution in [0.5, 0.6) is 0 Å². The third-order valence-corrected chi connectivity index (χ3v) is 5.42. The number of nitrogens with one attached hydrogen (secondary N) is 1. The van der Waals surface area contributed by atoms with Crippen LogP contribution in [0.15, 0.2) is 61.3 Å². The summed E-state index contributed by atoms with van der Waals surface area (Å²) in [6.45, 7) is 1.90. The van der Waals surface area contributed by atoms with E-state index >= 15 is 0 Å². The van der Waals surface area contributed by atoms with Crippen LogP contribution in [0.3, 0.4) is 0 Å². The fourth-order valence-corrected chi connectivity index (χ4v) is 3.59. The molecule has 2 aromatic carbocycles. The molecule has 3 aromatic heterocycles. The molecule has 9 nitrogen and oxygen atoms in total. The van der Waals surface area contributed by atoms with Gasteiger partial charge in [0.2, 0.25) is 0 Å². The maximum atomic E-state index is 14.2. The van der Waals surface area contributed by atoms with Crippen molar-refractivity contribution in [1.82, 2.24) is 29.4 Å². The van der Waals surface area contributed by atoms with Crippen molar-refractivity contribution in [2.24, 2.45) is 0 Å². The molecule has 33 heavy (non-hydrogen) atoms. The topological polar surface area (TPSA) is 116 Å². The Bertz CT molecular complexity index is 1530. The summed E-state index contributed by atoms with van der Waals surface area (Å²) in [5, 5.41) is 11.1. The number of nitrogens with zero attached hydrogens (tertiary/aromatic N) is 6. The van der Waals surface area contributed by atoms with E-state index in [2.05, 4.69) is 25.5 Å². The first-order chi connectivity index (χ1) is 15.9. The Hall–Kier alpha value is -4.31. The lowest BCUT2D eigenvalue weighted by Crippen LogP contribution is -2.14. The zero-order valence-electron chi connectivity index (χ0n) is 17.2. The summed E-state index contributed by atoms with van der Waals surface area (Å²) in [6.07, 6.45) is 6.45. The monoisotopic (exact) mass is 462 g/mol. The van der Waals surface area contributed by atoms with Crippen molar-refractivity contribution in [2.75, 3.05) is 11.1 Å². The minimum atomic E-state index is -0.686. The molecule has 0 aliphatic carbocycles. The number of nitrogens with two attached hydrogens (primary N) is 1. The smallest absolute Gasteiger partial charge is 0.255 e. The van der Waals surface area contributed by atoms with E-state index in [1.54, 1.807) is 52.1 Å². The van der Waals surface area contributed by atoms with Gasteiger partial charge in [-0.1, -0.05) is 23.7 Å². The zero-order valence-corrected chi connectivity index (χ0v) is 18.0. The molecule has 3 N–H and O–H groups in total. The zero-order chi connectivity index (χ0) is 23.1. The van der Waals surface area contributed by atoms with Crippen molar-refractivity contribution in [2.45, 2.75) is 6.92 Å². The van der Waals surface area contributed by atoms with E-state index in [4.69, 9.17) is 17.3 Å². The van der Waals surface area contributed by atoms with E-state index in [0.29, 0.717) is 22.6 Å². The maximum absolute atomic E-state index is 14.2. The largest absolute Gasteiger partial charge is 0.381 e. The van der Waals surface area contributed by atoms with Crippen LogP contribution >= 0.6 is 11.6 Å². The van der Waals surface area contributed by atoms with Gasteiger partial charge in [0.1, 0.15) is 6.33 Å². The van der Waals surface area contributed by atoms with E-state index in [1.165, 1.54) is 18.5 Å². The number of aryl methyl sites for hydroxylation is 1. The summed E-state index contributed by atoms with van der Waals surface area (Å²) in [4.78, 5) is 21.0. The average Bonchev–Trinajstić information content (AvgIpc) is 3.45. The van der Waals surface area contributed by atoms with Crippen LogP contribution in [0.4, 0.5) is 15.9 Å². The highest BCUT2D eigenvalue weighted by molar-refractivity contribution is 6.31. The number of hydrogen-bond donors (Lipinski definition) is 2. The van der Waals surface area contributed by atoms with E-state index in [0.717, 1.165) is 11.1 Å². The van der Waals surface area contributed by atoms with Crippen LogP contribution in [-0.4, -0.2) is 35.3 Å². The Morgan fingerprint density at radius 1 is 1.15 bits per heavy atom. The minimum Gasteiger partial charge on any atom is -0.381 e. The highest BCUT2D eigenvalue weighted by atomic mass is 35.5. The Morgan fingerprint density at radius 3 is 2.85 bits per heavy atom. The van der Waals surface area contributed by atoms with Gasteiger partial charge < -0.3 is 11.1 Å². The second-order valence-electron chi connectivity index (χ2n) is 7.25. The second-order valence-corrected chi connectivity index (χ2v) is 7.66. The molecule has 0 unspecified atom stereocenters. The molecule has 5 rings (SSSR count). The van der Waals surface area contributed by atoms with Gasteiger partial charge in [0, 0.05) is 17.3 Å². The molecule has 0 saturated heterocycles. The van der Waals surface area contributed by atoms with E-state index in [-0.39, 0.29) is 16.5 Å². The number of fused-ring (bicyclic) bond motifs is 1. The fraction of sp³-hybridized carbons (Fsp3) is 0.0455. The Kier molecular flexibility index (Phi) is 4.98. The van der Waals surface area contributed by atoms with Crippen LogP contribution in [0, 0.1) is 12.7 Å². The predicted molar refractivity (Wildman–Crippen MR) is 122 cm³/mol. The summed E-state index contributed by atoms with van der Waals surface area (Å²) >= 11 is 5.80. The first kappa shape index (κ1) is 20.6. The molecule has 164 valence electrons. The first-order valence-electron chi connectivity index (χ1n) is 9.78. The van der Waals surface area contributed by atoms with Gasteiger partial charge in [-0.25, -0.2) is 23.6 Å². The molecule has 5 aromatic rings. The molecule has 1 amide bonds. The summed E-state index contributed by atoms with van der Waals surface area (Å²) in [7, 11) is 0. The molecule has 3 heterocycles. The number of benzene rings is 2. The van der Waals surface area contributed by atoms with Gasteiger partial charge in [0.15, 0.2) is 17.3 Å². The van der Waals surface area contributed by atoms with Crippen molar-refractivity contribution in [3.8, 4) is 16.9 Å². The van der Waals surface area contributed by atoms with Gasteiger partial charge in [-0.05, 0) is 36.8 Å². The molecule has 0 spiro atoms. The highest BCUT2D eigenvalue weighted by Crippen LogP contribution is 2.25. The number of anilines is 2. The molecule has 0 bridgehead atoms. The molecule has 0 atom stereocenters. The lowest BCUT2D eigenvalue weighted by Gasteiger charge is -2.10. The Balaban J connectivity index is 1.47. The lowest BCUT2D eigenvalue weighted by molar-refractivity contribution is 0.102. The van der Waals surface area contributed by atoms with Crippen LogP contribution in [0.25, 0.3) is 22.6 Å². The molecular formula is C22H16ClFN8O. The third-order valence-electron chi connectivity index (χ3n) is 5.13. The fourth-order valence-electron chi connectivity index (χ4n) is 3.41. The molecule has 0 aliphatic rings. The number of carbonyl (C=O) groups is 1. The number of nitrogen functional groups attached to an aromatic ring is 1.